The quantitative estimate of drug-likeness (QED) is 0.0337. The molecule has 127 heavy (non-hydrogen) atoms. The Balaban J connectivity index is 3.10. The summed E-state index contributed by atoms with van der Waals surface area (Å²) in [6, 6.07) is 0. The van der Waals surface area contributed by atoms with E-state index in [1.165, 1.54) is 19.7 Å². The predicted octanol–water partition coefficient (Wildman–Crippen LogP) is 81.8. The van der Waals surface area contributed by atoms with Gasteiger partial charge < -0.3 is 0 Å². The Kier molecular flexibility index (Phi) is 230. The molecule has 0 aliphatic carbocycles. The molecule has 0 atom stereocenters. The summed E-state index contributed by atoms with van der Waals surface area (Å²) in [5.41, 5.74) is 0. The summed E-state index contributed by atoms with van der Waals surface area (Å²) >= 11 is 8.21. The van der Waals surface area contributed by atoms with E-state index in [2.05, 4.69) is 23.3 Å². The Morgan fingerprint density at radius 3 is 0.0866 bits per heavy atom. The van der Waals surface area contributed by atoms with Crippen LogP contribution in [0.3, 0.4) is 0 Å². The molecule has 0 N–H and O–H groups in total. The lowest BCUT2D eigenvalue weighted by Gasteiger charge is -2.00. The molecule has 0 amide bonds. The molecule has 127 heteroatoms. The van der Waals surface area contributed by atoms with Crippen LogP contribution in [0.25, 0.3) is 0 Å². The van der Waals surface area contributed by atoms with Crippen molar-refractivity contribution in [2.45, 2.75) is 0 Å². The SMILES string of the molecule is SSSSSSSSSSSSSSSSSSSSSSSSSSSSSSSSSSSSSSSSSSSSSSSSSSSSSSSSSSSSSSSSSSSSSSSSSSSSSSSSSSSSSSSSSSSSSSSSSSSSSSSSSSSSSSSSSSSSSSSSSSSSSSS. The summed E-state index contributed by atoms with van der Waals surface area (Å²) in [5.74, 6) is 0. The Morgan fingerprint density at radius 2 is 0.0630 bits per heavy atom. The lowest BCUT2D eigenvalue weighted by Crippen LogP contribution is -1.35. The molecule has 0 saturated heterocycles. The van der Waals surface area contributed by atoms with Crippen LogP contribution in [0.5, 0.6) is 0 Å². The topological polar surface area (TPSA) is 0 Å². The monoisotopic (exact) mass is 4060 g/mol. The third-order valence-corrected chi connectivity index (χ3v) is 279. The Labute approximate surface area is 1210 Å². The molecule has 0 spiro atoms. The van der Waals surface area contributed by atoms with E-state index in [4.69, 9.17) is 0 Å². The van der Waals surface area contributed by atoms with Crippen LogP contribution in [-0.2, 0) is 0 Å². The van der Waals surface area contributed by atoms with Crippen molar-refractivity contribution in [1.29, 1.82) is 0 Å². The van der Waals surface area contributed by atoms with E-state index < -0.39 is 0 Å². The van der Waals surface area contributed by atoms with Gasteiger partial charge in [-0.25, -0.2) is 0 Å². The molecule has 0 aromatic carbocycles. The Hall–Kier alpha value is 44.5. The van der Waals surface area contributed by atoms with Gasteiger partial charge in [0.2, 0.25) is 0 Å². The van der Waals surface area contributed by atoms with Crippen molar-refractivity contribution in [3.05, 3.63) is 0 Å². The van der Waals surface area contributed by atoms with Crippen molar-refractivity contribution in [1.82, 2.24) is 0 Å². The second-order valence-electron chi connectivity index (χ2n) is 8.52. The minimum Gasteiger partial charge on any atom is -0.0988 e. The van der Waals surface area contributed by atoms with E-state index in [9.17, 15) is 0 Å². The van der Waals surface area contributed by atoms with Gasteiger partial charge in [-0.2, -0.15) is 0 Å². The van der Waals surface area contributed by atoms with E-state index >= 15 is 0 Å². The molecule has 0 saturated carbocycles. The van der Waals surface area contributed by atoms with Gasteiger partial charge in [-0.1, -0.05) is 23.3 Å². The largest absolute Gasteiger partial charge is 0.0988 e. The lowest BCUT2D eigenvalue weighted by atomic mass is 30.1. The Bertz CT molecular complexity index is 1520. The van der Waals surface area contributed by atoms with Gasteiger partial charge in [-0.05, 0) is 157 Å². The smallest absolute Gasteiger partial charge is 0 e. The summed E-state index contributed by atoms with van der Waals surface area (Å²) in [6.07, 6.45) is 0. The summed E-state index contributed by atoms with van der Waals surface area (Å²) in [4.78, 5) is 0. The zero-order chi connectivity index (χ0) is 90.4. The number of thiol groups is 2. The van der Waals surface area contributed by atoms with Crippen LogP contribution in [0.2, 0.25) is 0 Å². The van der Waals surface area contributed by atoms with Crippen molar-refractivity contribution in [2.24, 2.45) is 0 Å². The molecule has 0 rings (SSSR count). The van der Waals surface area contributed by atoms with Crippen LogP contribution < -0.4 is 0 Å². The van der Waals surface area contributed by atoms with E-state index in [1.54, 1.807) is 98.3 Å². The predicted molar refractivity (Wildman–Crippen MR) is 967 cm³/mol. The maximum atomic E-state index is 4.11. The van der Waals surface area contributed by atoms with Crippen LogP contribution in [0.1, 0.15) is 0 Å². The summed E-state index contributed by atoms with van der Waals surface area (Å²) in [5, 5.41) is 0. The second-order valence-corrected chi connectivity index (χ2v) is 230. The van der Waals surface area contributed by atoms with Crippen molar-refractivity contribution >= 4 is 1250 Å². The van der Waals surface area contributed by atoms with Crippen molar-refractivity contribution < 1.29 is 0 Å². The van der Waals surface area contributed by atoms with E-state index in [0.717, 1.165) is 0 Å². The third kappa shape index (κ3) is 170. The molecule has 0 aliphatic heterocycles. The van der Waals surface area contributed by atoms with Gasteiger partial charge in [0.1, 0.15) is 0 Å². The van der Waals surface area contributed by atoms with Gasteiger partial charge in [0.05, 0.1) is 0 Å². The van der Waals surface area contributed by atoms with Gasteiger partial charge in [0.15, 0.2) is 0 Å². The zero-order valence-electron chi connectivity index (χ0n) is 51.9. The van der Waals surface area contributed by atoms with E-state index in [1.807, 2.05) is 1110 Å². The fraction of sp³-hybridized carbons (Fsp3) is 0. The molecule has 0 aromatic heterocycles. The molecular weight excluding hydrogens is 4070 g/mol. The highest BCUT2D eigenvalue weighted by atomic mass is 34.2. The maximum absolute atomic E-state index is 4.11. The number of hydrogen-bond donors (Lipinski definition) is 2. The molecule has 0 fully saturated rings. The van der Waals surface area contributed by atoms with Gasteiger partial charge in [-0.15, -0.1) is 0 Å². The summed E-state index contributed by atoms with van der Waals surface area (Å²) in [6.45, 7) is 0. The van der Waals surface area contributed by atoms with Crippen molar-refractivity contribution in [3.63, 3.8) is 0 Å². The zero-order valence-corrected chi connectivity index (χ0v) is 156. The lowest BCUT2D eigenvalue weighted by molar-refractivity contribution is 5.59. The van der Waals surface area contributed by atoms with Gasteiger partial charge in [0, 0.05) is 1070 Å². The molecule has 0 radical (unpaired) electrons. The maximum Gasteiger partial charge on any atom is 0 e. The number of rotatable bonds is 124. The minimum absolute atomic E-state index is 1.49. The van der Waals surface area contributed by atoms with Crippen molar-refractivity contribution in [3.8, 4) is 0 Å². The fourth-order valence-corrected chi connectivity index (χ4v) is 339. The second kappa shape index (κ2) is 170. The molecule has 0 aliphatic rings. The standard InChI is InChI=1S/H2S127/c1-3-5-7-9-11-13-15-17-19-21-23-25-27-29-31-33-35-37-39-41-43-45-47-49-51-53-55-57-59-61-63-65-67-69-71-73-75-77-79-81-83-85-87-89-91-93-95-97-99-101-103-105-107-109-111-113-115-117-119-121-123-125-127-126-124-122-120-118-116-114-112-110-108-106-104-102-100-98-96-94-92-90-88-86-84-82-80-78-76-74-72-70-68-66-64-62-60-58-56-54-52-50-48-46-44-42-40-38-36-34-32-30-28-26-24-22-20-18-16-14-12-10-8-6-4-2/h1-2H. The third-order valence-electron chi connectivity index (χ3n) is 3.45. The van der Waals surface area contributed by atoms with Gasteiger partial charge in [0.25, 0.3) is 0 Å². The first-order valence-electron chi connectivity index (χ1n) is 21.0. The summed E-state index contributed by atoms with van der Waals surface area (Å²) < 4.78 is 0. The molecular formula is H2S127. The van der Waals surface area contributed by atoms with E-state index in [-0.39, 0.29) is 0 Å². The minimum atomic E-state index is 1.49. The van der Waals surface area contributed by atoms with E-state index in [0.29, 0.717) is 0 Å². The summed E-state index contributed by atoms with van der Waals surface area (Å²) in [7, 11) is 227. The Morgan fingerprint density at radius 1 is 0.0394 bits per heavy atom. The average molecular weight is 4070 g/mol. The molecule has 0 heterocycles. The first-order chi connectivity index (χ1) is 63.4. The molecule has 0 unspecified atom stereocenters. The van der Waals surface area contributed by atoms with Crippen LogP contribution in [-0.4, -0.2) is 0 Å². The molecule has 0 aromatic rings. The fourth-order valence-electron chi connectivity index (χ4n) is 1.40. The first kappa shape index (κ1) is 171. The van der Waals surface area contributed by atoms with Crippen LogP contribution in [0.15, 0.2) is 0 Å². The van der Waals surface area contributed by atoms with Gasteiger partial charge >= 0.3 is 0 Å². The molecule has 764 valence electrons. The highest BCUT2D eigenvalue weighted by Crippen LogP contribution is 2.77. The molecule has 0 bridgehead atoms. The van der Waals surface area contributed by atoms with Crippen molar-refractivity contribution in [2.75, 3.05) is 0 Å². The number of hydrogen-bond acceptors (Lipinski definition) is 127. The highest BCUT2D eigenvalue weighted by Gasteiger charge is 2.12. The van der Waals surface area contributed by atoms with Crippen LogP contribution >= 0.6 is 1250 Å². The first-order valence-corrected chi connectivity index (χ1v) is 189. The molecule has 0 nitrogen and oxygen atoms in total. The highest BCUT2D eigenvalue weighted by molar-refractivity contribution is 9.71. The van der Waals surface area contributed by atoms with Crippen LogP contribution in [0, 0.1) is 0 Å². The average Bonchev–Trinajstić information content (AvgIpc) is 1.16. The van der Waals surface area contributed by atoms with Crippen LogP contribution in [0.4, 0.5) is 0 Å². The normalized spacial score (nSPS) is 11.9. The van der Waals surface area contributed by atoms with Gasteiger partial charge in [-0.3, -0.25) is 0 Å².